The molecule has 29 heavy (non-hydrogen) atoms. The second-order valence-electron chi connectivity index (χ2n) is 6.84. The van der Waals surface area contributed by atoms with Crippen molar-refractivity contribution < 1.29 is 4.79 Å². The van der Waals surface area contributed by atoms with Crippen molar-refractivity contribution in [3.8, 4) is 11.1 Å². The van der Waals surface area contributed by atoms with Gasteiger partial charge in [-0.15, -0.1) is 0 Å². The highest BCUT2D eigenvalue weighted by Crippen LogP contribution is 2.34. The second kappa shape index (κ2) is 8.27. The number of benzene rings is 3. The molecular weight excluding hydrogens is 400 g/mol. The first-order valence-corrected chi connectivity index (χ1v) is 10.4. The Labute approximate surface area is 179 Å². The van der Waals surface area contributed by atoms with Crippen LogP contribution in [0.25, 0.3) is 17.2 Å². The largest absolute Gasteiger partial charge is 0.290 e. The van der Waals surface area contributed by atoms with Crippen LogP contribution in [0.15, 0.2) is 82.7 Å². The van der Waals surface area contributed by atoms with Crippen molar-refractivity contribution in [1.82, 2.24) is 4.90 Å². The van der Waals surface area contributed by atoms with Crippen molar-refractivity contribution in [3.63, 3.8) is 0 Å². The monoisotopic (exact) mass is 418 g/mol. The zero-order valence-corrected chi connectivity index (χ0v) is 17.7. The van der Waals surface area contributed by atoms with E-state index in [0.717, 1.165) is 22.4 Å². The zero-order chi connectivity index (χ0) is 20.4. The van der Waals surface area contributed by atoms with E-state index in [2.05, 4.69) is 48.3 Å². The number of nitrogens with zero attached hydrogens (tertiary/aromatic N) is 2. The molecule has 0 N–H and O–H groups in total. The van der Waals surface area contributed by atoms with Gasteiger partial charge in [0.25, 0.3) is 5.91 Å². The maximum Gasteiger partial charge on any atom is 0.266 e. The Bertz CT molecular complexity index is 1120. The van der Waals surface area contributed by atoms with Crippen molar-refractivity contribution in [2.45, 2.75) is 6.92 Å². The summed E-state index contributed by atoms with van der Waals surface area (Å²) in [4.78, 5) is 19.5. The highest BCUT2D eigenvalue weighted by molar-refractivity contribution is 8.18. The van der Waals surface area contributed by atoms with Gasteiger partial charge in [-0.2, -0.15) is 0 Å². The number of amidine groups is 1. The van der Waals surface area contributed by atoms with E-state index in [0.29, 0.717) is 15.1 Å². The third-order valence-corrected chi connectivity index (χ3v) is 5.94. The minimum Gasteiger partial charge on any atom is -0.290 e. The Balaban J connectivity index is 1.61. The molecule has 0 aromatic heterocycles. The summed E-state index contributed by atoms with van der Waals surface area (Å²) < 4.78 is 0. The lowest BCUT2D eigenvalue weighted by atomic mass is 10.0. The summed E-state index contributed by atoms with van der Waals surface area (Å²) in [5.41, 5.74) is 5.26. The van der Waals surface area contributed by atoms with Crippen molar-refractivity contribution in [2.24, 2.45) is 4.99 Å². The van der Waals surface area contributed by atoms with E-state index < -0.39 is 0 Å². The Hall–Kier alpha value is -2.82. The summed E-state index contributed by atoms with van der Waals surface area (Å²) in [6, 6.07) is 23.9. The van der Waals surface area contributed by atoms with Gasteiger partial charge < -0.3 is 0 Å². The van der Waals surface area contributed by atoms with Crippen LogP contribution in [0.1, 0.15) is 11.1 Å². The number of carbonyl (C=O) groups is 1. The summed E-state index contributed by atoms with van der Waals surface area (Å²) >= 11 is 7.31. The third kappa shape index (κ3) is 4.44. The van der Waals surface area contributed by atoms with E-state index in [4.69, 9.17) is 11.6 Å². The molecule has 144 valence electrons. The average molecular weight is 419 g/mol. The summed E-state index contributed by atoms with van der Waals surface area (Å²) in [5.74, 6) is -0.0524. The lowest BCUT2D eigenvalue weighted by Crippen LogP contribution is -2.23. The topological polar surface area (TPSA) is 32.7 Å². The first-order chi connectivity index (χ1) is 14.0. The summed E-state index contributed by atoms with van der Waals surface area (Å²) in [7, 11) is 1.74. The summed E-state index contributed by atoms with van der Waals surface area (Å²) in [6.45, 7) is 2.08. The number of hydrogen-bond acceptors (Lipinski definition) is 3. The molecule has 0 atom stereocenters. The minimum absolute atomic E-state index is 0.0524. The summed E-state index contributed by atoms with van der Waals surface area (Å²) in [6.07, 6.45) is 1.92. The van der Waals surface area contributed by atoms with E-state index in [9.17, 15) is 4.79 Å². The van der Waals surface area contributed by atoms with Crippen molar-refractivity contribution in [1.29, 1.82) is 0 Å². The van der Waals surface area contributed by atoms with Crippen molar-refractivity contribution in [3.05, 3.63) is 93.9 Å². The number of carbonyl (C=O) groups excluding carboxylic acids is 1. The number of likely N-dealkylation sites (N-methyl/N-ethyl adjacent to an activating group) is 1. The van der Waals surface area contributed by atoms with Gasteiger partial charge in [0.15, 0.2) is 5.17 Å². The van der Waals surface area contributed by atoms with Gasteiger partial charge in [0.2, 0.25) is 0 Å². The number of amides is 1. The smallest absolute Gasteiger partial charge is 0.266 e. The van der Waals surface area contributed by atoms with Crippen LogP contribution in [0.3, 0.4) is 0 Å². The molecule has 0 bridgehead atoms. The van der Waals surface area contributed by atoms with E-state index >= 15 is 0 Å². The molecule has 3 aromatic rings. The fraction of sp³-hybridized carbons (Fsp3) is 0.0833. The van der Waals surface area contributed by atoms with Gasteiger partial charge in [0.05, 0.1) is 10.6 Å². The van der Waals surface area contributed by atoms with Gasteiger partial charge in [0.1, 0.15) is 0 Å². The first kappa shape index (κ1) is 19.5. The van der Waals surface area contributed by atoms with E-state index in [1.165, 1.54) is 17.3 Å². The molecule has 5 heteroatoms. The number of aliphatic imine (C=N–C) groups is 1. The van der Waals surface area contributed by atoms with E-state index in [-0.39, 0.29) is 5.91 Å². The number of rotatable bonds is 3. The zero-order valence-electron chi connectivity index (χ0n) is 16.1. The molecular formula is C24H19ClN2OS. The standard InChI is InChI=1S/C24H19ClN2OS/c1-16-6-8-18(9-7-16)19-5-3-4-17(14-19)15-22-23(28)27(2)24(29-22)26-21-12-10-20(25)11-13-21/h3-15H,1-2H3. The molecule has 0 radical (unpaired) electrons. The number of thioether (sulfide) groups is 1. The van der Waals surface area contributed by atoms with Gasteiger partial charge in [-0.3, -0.25) is 9.69 Å². The third-order valence-electron chi connectivity index (χ3n) is 4.62. The van der Waals surface area contributed by atoms with Crippen LogP contribution in [0, 0.1) is 6.92 Å². The average Bonchev–Trinajstić information content (AvgIpc) is 2.98. The number of hydrogen-bond donors (Lipinski definition) is 0. The fourth-order valence-corrected chi connectivity index (χ4v) is 4.10. The fourth-order valence-electron chi connectivity index (χ4n) is 2.98. The molecule has 0 unspecified atom stereocenters. The van der Waals surface area contributed by atoms with Crippen LogP contribution in [-0.4, -0.2) is 23.0 Å². The van der Waals surface area contributed by atoms with Gasteiger partial charge in [-0.05, 0) is 71.8 Å². The lowest BCUT2D eigenvalue weighted by molar-refractivity contribution is -0.121. The van der Waals surface area contributed by atoms with Gasteiger partial charge in [0, 0.05) is 12.1 Å². The Kier molecular flexibility index (Phi) is 5.56. The predicted molar refractivity (Wildman–Crippen MR) is 123 cm³/mol. The van der Waals surface area contributed by atoms with E-state index in [1.807, 2.05) is 30.3 Å². The van der Waals surface area contributed by atoms with Gasteiger partial charge >= 0.3 is 0 Å². The maximum atomic E-state index is 12.7. The molecule has 1 aliphatic rings. The molecule has 1 heterocycles. The molecule has 0 spiro atoms. The van der Waals surface area contributed by atoms with Crippen LogP contribution in [0.4, 0.5) is 5.69 Å². The molecule has 0 saturated carbocycles. The highest BCUT2D eigenvalue weighted by atomic mass is 35.5. The second-order valence-corrected chi connectivity index (χ2v) is 8.28. The predicted octanol–water partition coefficient (Wildman–Crippen LogP) is 6.55. The molecule has 1 aliphatic heterocycles. The van der Waals surface area contributed by atoms with Crippen LogP contribution >= 0.6 is 23.4 Å². The van der Waals surface area contributed by atoms with E-state index in [1.54, 1.807) is 24.1 Å². The number of aryl methyl sites for hydroxylation is 1. The Morgan fingerprint density at radius 1 is 0.966 bits per heavy atom. The van der Waals surface area contributed by atoms with Gasteiger partial charge in [-0.1, -0.05) is 59.6 Å². The summed E-state index contributed by atoms with van der Waals surface area (Å²) in [5, 5.41) is 1.31. The van der Waals surface area contributed by atoms with Crippen molar-refractivity contribution in [2.75, 3.05) is 7.05 Å². The van der Waals surface area contributed by atoms with Crippen molar-refractivity contribution >= 4 is 46.2 Å². The first-order valence-electron chi connectivity index (χ1n) is 9.18. The number of halogens is 1. The van der Waals surface area contributed by atoms with Crippen LogP contribution in [-0.2, 0) is 4.79 Å². The highest BCUT2D eigenvalue weighted by Gasteiger charge is 2.30. The van der Waals surface area contributed by atoms with Crippen LogP contribution < -0.4 is 0 Å². The maximum absolute atomic E-state index is 12.7. The molecule has 1 saturated heterocycles. The SMILES string of the molecule is Cc1ccc(-c2cccc(C=C3SC(=Nc4ccc(Cl)cc4)N(C)C3=O)c2)cc1. The van der Waals surface area contributed by atoms with Crippen LogP contribution in [0.5, 0.6) is 0 Å². The molecule has 0 aliphatic carbocycles. The molecule has 3 aromatic carbocycles. The minimum atomic E-state index is -0.0524. The molecule has 1 amide bonds. The van der Waals surface area contributed by atoms with Gasteiger partial charge in [-0.25, -0.2) is 4.99 Å². The Morgan fingerprint density at radius 3 is 2.41 bits per heavy atom. The lowest BCUT2D eigenvalue weighted by Gasteiger charge is -2.07. The molecule has 4 rings (SSSR count). The molecule has 3 nitrogen and oxygen atoms in total. The molecule has 1 fully saturated rings. The normalized spacial score (nSPS) is 16.8. The van der Waals surface area contributed by atoms with Crippen LogP contribution in [0.2, 0.25) is 5.02 Å². The Morgan fingerprint density at radius 2 is 1.69 bits per heavy atom. The quantitative estimate of drug-likeness (QED) is 0.452.